The molecule has 2 heteroatoms. The van der Waals surface area contributed by atoms with Gasteiger partial charge in [-0.25, -0.2) is 4.39 Å². The first-order valence-corrected chi connectivity index (χ1v) is 3.84. The Balaban J connectivity index is 2.93. The maximum atomic E-state index is 13.1. The lowest BCUT2D eigenvalue weighted by atomic mass is 10.2. The second kappa shape index (κ2) is 2.34. The van der Waals surface area contributed by atoms with Crippen molar-refractivity contribution in [3.8, 4) is 0 Å². The molecular formula is C10H9FO. The first-order chi connectivity index (χ1) is 5.68. The van der Waals surface area contributed by atoms with Gasteiger partial charge >= 0.3 is 0 Å². The van der Waals surface area contributed by atoms with Crippen molar-refractivity contribution in [2.75, 3.05) is 0 Å². The fourth-order valence-corrected chi connectivity index (χ4v) is 1.35. The quantitative estimate of drug-likeness (QED) is 0.582. The van der Waals surface area contributed by atoms with Gasteiger partial charge in [-0.15, -0.1) is 0 Å². The van der Waals surface area contributed by atoms with Gasteiger partial charge in [0, 0.05) is 0 Å². The maximum absolute atomic E-state index is 13.1. The summed E-state index contributed by atoms with van der Waals surface area (Å²) in [5.41, 5.74) is 1.63. The topological polar surface area (TPSA) is 13.1 Å². The van der Waals surface area contributed by atoms with Gasteiger partial charge in [0.25, 0.3) is 0 Å². The fourth-order valence-electron chi connectivity index (χ4n) is 1.35. The van der Waals surface area contributed by atoms with Crippen LogP contribution >= 0.6 is 0 Å². The Morgan fingerprint density at radius 3 is 2.67 bits per heavy atom. The maximum Gasteiger partial charge on any atom is 0.140 e. The highest BCUT2D eigenvalue weighted by atomic mass is 19.1. The number of rotatable bonds is 0. The van der Waals surface area contributed by atoms with Crippen molar-refractivity contribution in [3.05, 3.63) is 35.3 Å². The van der Waals surface area contributed by atoms with Crippen molar-refractivity contribution in [2.45, 2.75) is 13.8 Å². The Labute approximate surface area is 69.8 Å². The highest BCUT2D eigenvalue weighted by Gasteiger charge is 2.07. The molecule has 0 aliphatic carbocycles. The van der Waals surface area contributed by atoms with Crippen molar-refractivity contribution < 1.29 is 8.81 Å². The highest BCUT2D eigenvalue weighted by Crippen LogP contribution is 2.24. The van der Waals surface area contributed by atoms with Crippen LogP contribution in [0.25, 0.3) is 11.0 Å². The first kappa shape index (κ1) is 7.35. The van der Waals surface area contributed by atoms with E-state index < -0.39 is 0 Å². The van der Waals surface area contributed by atoms with E-state index >= 15 is 0 Å². The summed E-state index contributed by atoms with van der Waals surface area (Å²) in [6.45, 7) is 3.73. The van der Waals surface area contributed by atoms with Gasteiger partial charge in [-0.2, -0.15) is 0 Å². The Morgan fingerprint density at radius 1 is 1.25 bits per heavy atom. The molecular weight excluding hydrogens is 155 g/mol. The van der Waals surface area contributed by atoms with Gasteiger partial charge in [-0.05, 0) is 31.5 Å². The molecule has 0 spiro atoms. The summed E-state index contributed by atoms with van der Waals surface area (Å²) < 4.78 is 18.5. The van der Waals surface area contributed by atoms with E-state index in [1.807, 2.05) is 13.8 Å². The molecule has 0 N–H and O–H groups in total. The number of furan rings is 1. The van der Waals surface area contributed by atoms with E-state index in [9.17, 15) is 4.39 Å². The van der Waals surface area contributed by atoms with E-state index in [0.717, 1.165) is 11.3 Å². The van der Waals surface area contributed by atoms with Crippen LogP contribution in [0, 0.1) is 19.7 Å². The molecule has 1 aromatic carbocycles. The molecule has 0 fully saturated rings. The molecule has 2 aromatic rings. The Morgan fingerprint density at radius 2 is 2.00 bits per heavy atom. The number of aryl methyl sites for hydroxylation is 2. The minimum atomic E-state index is -0.215. The van der Waals surface area contributed by atoms with E-state index in [0.29, 0.717) is 11.0 Å². The van der Waals surface area contributed by atoms with E-state index in [1.54, 1.807) is 12.1 Å². The molecule has 0 atom stereocenters. The molecule has 0 aliphatic rings. The zero-order chi connectivity index (χ0) is 8.72. The van der Waals surface area contributed by atoms with Crippen molar-refractivity contribution in [1.29, 1.82) is 0 Å². The van der Waals surface area contributed by atoms with Crippen LogP contribution in [0.1, 0.15) is 11.3 Å². The van der Waals surface area contributed by atoms with E-state index in [1.165, 1.54) is 6.07 Å². The van der Waals surface area contributed by atoms with Gasteiger partial charge < -0.3 is 4.42 Å². The summed E-state index contributed by atoms with van der Waals surface area (Å²) in [7, 11) is 0. The SMILES string of the molecule is Cc1cc2c(F)ccc(C)c2o1. The number of hydrogen-bond donors (Lipinski definition) is 0. The average molecular weight is 164 g/mol. The smallest absolute Gasteiger partial charge is 0.140 e. The second-order valence-corrected chi connectivity index (χ2v) is 2.96. The van der Waals surface area contributed by atoms with Gasteiger partial charge in [0.2, 0.25) is 0 Å². The van der Waals surface area contributed by atoms with E-state index in [2.05, 4.69) is 0 Å². The predicted molar refractivity (Wildman–Crippen MR) is 45.6 cm³/mol. The van der Waals surface area contributed by atoms with Gasteiger partial charge in [0.1, 0.15) is 17.2 Å². The fraction of sp³-hybridized carbons (Fsp3) is 0.200. The molecule has 1 heterocycles. The molecule has 12 heavy (non-hydrogen) atoms. The molecule has 1 nitrogen and oxygen atoms in total. The highest BCUT2D eigenvalue weighted by molar-refractivity contribution is 5.81. The van der Waals surface area contributed by atoms with Crippen LogP contribution in [0.15, 0.2) is 22.6 Å². The second-order valence-electron chi connectivity index (χ2n) is 2.96. The van der Waals surface area contributed by atoms with Crippen LogP contribution in [-0.2, 0) is 0 Å². The third-order valence-electron chi connectivity index (χ3n) is 1.95. The van der Waals surface area contributed by atoms with Crippen LogP contribution in [0.3, 0.4) is 0 Å². The van der Waals surface area contributed by atoms with Gasteiger partial charge in [0.15, 0.2) is 0 Å². The summed E-state index contributed by atoms with van der Waals surface area (Å²) >= 11 is 0. The minimum absolute atomic E-state index is 0.215. The lowest BCUT2D eigenvalue weighted by molar-refractivity contribution is 0.574. The van der Waals surface area contributed by atoms with Crippen molar-refractivity contribution in [2.24, 2.45) is 0 Å². The minimum Gasteiger partial charge on any atom is -0.461 e. The van der Waals surface area contributed by atoms with Gasteiger partial charge in [-0.1, -0.05) is 6.07 Å². The molecule has 0 amide bonds. The largest absolute Gasteiger partial charge is 0.461 e. The predicted octanol–water partition coefficient (Wildman–Crippen LogP) is 3.19. The number of benzene rings is 1. The number of halogens is 1. The molecule has 0 radical (unpaired) electrons. The first-order valence-electron chi connectivity index (χ1n) is 3.84. The van der Waals surface area contributed by atoms with Crippen LogP contribution in [0.5, 0.6) is 0 Å². The Kier molecular flexibility index (Phi) is 1.43. The zero-order valence-electron chi connectivity index (χ0n) is 7.02. The molecule has 62 valence electrons. The Hall–Kier alpha value is -1.31. The summed E-state index contributed by atoms with van der Waals surface area (Å²) in [5.74, 6) is 0.533. The monoisotopic (exact) mass is 164 g/mol. The van der Waals surface area contributed by atoms with Gasteiger partial charge in [-0.3, -0.25) is 0 Å². The third-order valence-corrected chi connectivity index (χ3v) is 1.95. The van der Waals surface area contributed by atoms with Crippen LogP contribution in [0.2, 0.25) is 0 Å². The summed E-state index contributed by atoms with van der Waals surface area (Å²) in [4.78, 5) is 0. The van der Waals surface area contributed by atoms with Gasteiger partial charge in [0.05, 0.1) is 5.39 Å². The molecule has 0 bridgehead atoms. The molecule has 1 aromatic heterocycles. The Bertz CT molecular complexity index is 390. The average Bonchev–Trinajstić information content (AvgIpc) is 2.41. The standard InChI is InChI=1S/C10H9FO/c1-6-3-4-9(11)8-5-7(2)12-10(6)8/h3-5H,1-2H3. The summed E-state index contributed by atoms with van der Waals surface area (Å²) in [6, 6.07) is 4.91. The van der Waals surface area contributed by atoms with Crippen LogP contribution < -0.4 is 0 Å². The third kappa shape index (κ3) is 0.916. The van der Waals surface area contributed by atoms with Crippen molar-refractivity contribution >= 4 is 11.0 Å². The molecule has 0 aliphatic heterocycles. The normalized spacial score (nSPS) is 10.9. The summed E-state index contributed by atoms with van der Waals surface area (Å²) in [5, 5.41) is 0.576. The van der Waals surface area contributed by atoms with E-state index in [4.69, 9.17) is 4.42 Å². The van der Waals surface area contributed by atoms with Crippen LogP contribution in [0.4, 0.5) is 4.39 Å². The van der Waals surface area contributed by atoms with Crippen LogP contribution in [-0.4, -0.2) is 0 Å². The molecule has 0 unspecified atom stereocenters. The van der Waals surface area contributed by atoms with Crippen molar-refractivity contribution in [1.82, 2.24) is 0 Å². The number of hydrogen-bond acceptors (Lipinski definition) is 1. The summed E-state index contributed by atoms with van der Waals surface area (Å²) in [6.07, 6.45) is 0. The zero-order valence-corrected chi connectivity index (χ0v) is 7.02. The molecule has 0 saturated carbocycles. The molecule has 2 rings (SSSR count). The van der Waals surface area contributed by atoms with Crippen molar-refractivity contribution in [3.63, 3.8) is 0 Å². The number of fused-ring (bicyclic) bond motifs is 1. The lowest BCUT2D eigenvalue weighted by Gasteiger charge is -1.94. The van der Waals surface area contributed by atoms with E-state index in [-0.39, 0.29) is 5.82 Å². The molecule has 0 saturated heterocycles. The lowest BCUT2D eigenvalue weighted by Crippen LogP contribution is -1.77.